The summed E-state index contributed by atoms with van der Waals surface area (Å²) in [5, 5.41) is 21.3. The van der Waals surface area contributed by atoms with Gasteiger partial charge in [0.25, 0.3) is 0 Å². The number of carboxylic acid groups (broad SMARTS) is 1. The van der Waals surface area contributed by atoms with E-state index in [9.17, 15) is 9.59 Å². The molecule has 1 atom stereocenters. The summed E-state index contributed by atoms with van der Waals surface area (Å²) >= 11 is 0. The topological polar surface area (TPSA) is 138 Å². The molecule has 0 aliphatic carbocycles. The number of carbonyl (C=O) groups is 2. The number of carboxylic acids is 1. The molecule has 124 valence electrons. The number of anilines is 1. The highest BCUT2D eigenvalue weighted by atomic mass is 16.5. The molecule has 1 unspecified atom stereocenters. The van der Waals surface area contributed by atoms with Gasteiger partial charge in [-0.05, 0) is 24.5 Å². The second kappa shape index (κ2) is 7.48. The molecule has 0 radical (unpaired) electrons. The minimum Gasteiger partial charge on any atom is -0.491 e. The molecule has 8 nitrogen and oxygen atoms in total. The predicted molar refractivity (Wildman–Crippen MR) is 84.5 cm³/mol. The fraction of sp³-hybridized carbons (Fsp3) is 0.400. The molecule has 6 N–H and O–H groups in total. The molecule has 23 heavy (non-hydrogen) atoms. The molecule has 0 saturated carbocycles. The normalized spacial score (nSPS) is 16.2. The Hall–Kier alpha value is -2.77. The van der Waals surface area contributed by atoms with Gasteiger partial charge in [0.1, 0.15) is 5.75 Å². The van der Waals surface area contributed by atoms with Gasteiger partial charge in [-0.25, -0.2) is 0 Å². The number of aliphatic carboxylic acids is 1. The van der Waals surface area contributed by atoms with Crippen LogP contribution in [-0.2, 0) is 16.0 Å². The molecular formula is C15H20N4O4. The van der Waals surface area contributed by atoms with Crippen molar-refractivity contribution in [3.8, 4) is 5.75 Å². The van der Waals surface area contributed by atoms with Crippen molar-refractivity contribution >= 4 is 23.5 Å². The van der Waals surface area contributed by atoms with E-state index < -0.39 is 11.9 Å². The largest absolute Gasteiger partial charge is 0.491 e. The number of ether oxygens (including phenoxy) is 1. The number of benzene rings is 1. The van der Waals surface area contributed by atoms with E-state index in [-0.39, 0.29) is 18.3 Å². The summed E-state index contributed by atoms with van der Waals surface area (Å²) in [6.45, 7) is 0.933. The predicted octanol–water partition coefficient (Wildman–Crippen LogP) is 0.524. The van der Waals surface area contributed by atoms with Crippen LogP contribution < -0.4 is 21.1 Å². The highest BCUT2D eigenvalue weighted by Crippen LogP contribution is 2.35. The van der Waals surface area contributed by atoms with Crippen molar-refractivity contribution in [2.45, 2.75) is 19.3 Å². The van der Waals surface area contributed by atoms with Gasteiger partial charge in [-0.2, -0.15) is 0 Å². The van der Waals surface area contributed by atoms with Crippen LogP contribution in [0.3, 0.4) is 0 Å². The average molecular weight is 320 g/mol. The number of amides is 1. The molecule has 2 rings (SSSR count). The van der Waals surface area contributed by atoms with Crippen LogP contribution >= 0.6 is 0 Å². The first-order chi connectivity index (χ1) is 11.0. The van der Waals surface area contributed by atoms with Crippen LogP contribution in [-0.4, -0.2) is 36.1 Å². The van der Waals surface area contributed by atoms with E-state index >= 15 is 0 Å². The maximum absolute atomic E-state index is 12.0. The third-order valence-electron chi connectivity index (χ3n) is 3.51. The number of rotatable bonds is 7. The Morgan fingerprint density at radius 1 is 1.52 bits per heavy atom. The second-order valence-electron chi connectivity index (χ2n) is 5.32. The minimum absolute atomic E-state index is 0.0844. The summed E-state index contributed by atoms with van der Waals surface area (Å²) in [6.07, 6.45) is 0.850. The lowest BCUT2D eigenvalue weighted by Gasteiger charge is -2.25. The van der Waals surface area contributed by atoms with Crippen LogP contribution in [0.5, 0.6) is 5.75 Å². The quantitative estimate of drug-likeness (QED) is 0.282. The van der Waals surface area contributed by atoms with E-state index in [0.717, 1.165) is 5.56 Å². The maximum atomic E-state index is 12.0. The van der Waals surface area contributed by atoms with E-state index in [2.05, 4.69) is 10.6 Å². The summed E-state index contributed by atoms with van der Waals surface area (Å²) in [6, 6.07) is 5.43. The molecule has 0 spiro atoms. The zero-order valence-corrected chi connectivity index (χ0v) is 12.6. The van der Waals surface area contributed by atoms with Gasteiger partial charge >= 0.3 is 5.97 Å². The zero-order chi connectivity index (χ0) is 16.8. The molecule has 8 heteroatoms. The lowest BCUT2D eigenvalue weighted by atomic mass is 9.90. The number of carbonyl (C=O) groups excluding carboxylic acids is 1. The number of hydrogen-bond donors (Lipinski definition) is 5. The Balaban J connectivity index is 1.98. The molecule has 1 aliphatic heterocycles. The Kier molecular flexibility index (Phi) is 5.40. The average Bonchev–Trinajstić information content (AvgIpc) is 2.47. The van der Waals surface area contributed by atoms with Crippen molar-refractivity contribution in [2.24, 2.45) is 11.7 Å². The molecule has 1 amide bonds. The van der Waals surface area contributed by atoms with Crippen LogP contribution in [0.4, 0.5) is 5.69 Å². The van der Waals surface area contributed by atoms with Gasteiger partial charge in [0, 0.05) is 6.54 Å². The number of nitrogens with two attached hydrogens (primary N) is 1. The standard InChI is InChI=1S/C15H20N4O4/c16-15(17)18-5-2-6-23-11-4-1-3-9-7-10(8-12(20)21)14(22)19-13(9)11/h1,3-4,10H,2,5-8H2,(H,19,22)(H,20,21)(H4,16,17,18). The van der Waals surface area contributed by atoms with Gasteiger partial charge in [-0.3, -0.25) is 15.0 Å². The van der Waals surface area contributed by atoms with Crippen LogP contribution in [0.25, 0.3) is 0 Å². The van der Waals surface area contributed by atoms with Gasteiger partial charge < -0.3 is 26.2 Å². The van der Waals surface area contributed by atoms with Crippen LogP contribution in [0, 0.1) is 11.3 Å². The molecule has 1 heterocycles. The van der Waals surface area contributed by atoms with Crippen LogP contribution in [0.15, 0.2) is 18.2 Å². The third kappa shape index (κ3) is 4.60. The summed E-state index contributed by atoms with van der Waals surface area (Å²) in [5.41, 5.74) is 6.66. The molecule has 0 fully saturated rings. The fourth-order valence-electron chi connectivity index (χ4n) is 2.45. The van der Waals surface area contributed by atoms with Gasteiger partial charge in [0.05, 0.1) is 24.6 Å². The molecule has 1 aromatic carbocycles. The smallest absolute Gasteiger partial charge is 0.304 e. The third-order valence-corrected chi connectivity index (χ3v) is 3.51. The first-order valence-electron chi connectivity index (χ1n) is 7.32. The van der Waals surface area contributed by atoms with E-state index in [1.54, 1.807) is 6.07 Å². The first-order valence-corrected chi connectivity index (χ1v) is 7.32. The van der Waals surface area contributed by atoms with E-state index in [1.165, 1.54) is 0 Å². The number of hydrogen-bond acceptors (Lipinski definition) is 4. The Morgan fingerprint density at radius 3 is 3.00 bits per heavy atom. The van der Waals surface area contributed by atoms with Gasteiger partial charge in [-0.15, -0.1) is 0 Å². The minimum atomic E-state index is -0.987. The number of guanidine groups is 1. The van der Waals surface area contributed by atoms with Crippen LogP contribution in [0.2, 0.25) is 0 Å². The Morgan fingerprint density at radius 2 is 2.30 bits per heavy atom. The second-order valence-corrected chi connectivity index (χ2v) is 5.32. The first kappa shape index (κ1) is 16.6. The van der Waals surface area contributed by atoms with Crippen molar-refractivity contribution in [2.75, 3.05) is 18.5 Å². The van der Waals surface area contributed by atoms with Crippen molar-refractivity contribution in [3.05, 3.63) is 23.8 Å². The molecule has 0 aromatic heterocycles. The lowest BCUT2D eigenvalue weighted by molar-refractivity contribution is -0.140. The van der Waals surface area contributed by atoms with Gasteiger partial charge in [0.2, 0.25) is 5.91 Å². The molecule has 0 saturated heterocycles. The van der Waals surface area contributed by atoms with Gasteiger partial charge in [-0.1, -0.05) is 12.1 Å². The zero-order valence-electron chi connectivity index (χ0n) is 12.6. The maximum Gasteiger partial charge on any atom is 0.304 e. The highest BCUT2D eigenvalue weighted by molar-refractivity contribution is 5.98. The molecule has 1 aliphatic rings. The van der Waals surface area contributed by atoms with Crippen LogP contribution in [0.1, 0.15) is 18.4 Å². The van der Waals surface area contributed by atoms with E-state index in [4.69, 9.17) is 21.0 Å². The fourth-order valence-corrected chi connectivity index (χ4v) is 2.45. The van der Waals surface area contributed by atoms with Crippen molar-refractivity contribution < 1.29 is 19.4 Å². The highest BCUT2D eigenvalue weighted by Gasteiger charge is 2.29. The summed E-state index contributed by atoms with van der Waals surface area (Å²) in [4.78, 5) is 22.8. The summed E-state index contributed by atoms with van der Waals surface area (Å²) in [5.74, 6) is -1.37. The Bertz CT molecular complexity index is 617. The molecule has 0 bridgehead atoms. The summed E-state index contributed by atoms with van der Waals surface area (Å²) < 4.78 is 5.67. The SMILES string of the molecule is N=C(N)NCCCOc1cccc2c1NC(=O)C(CC(=O)O)C2. The number of nitrogens with one attached hydrogen (secondary N) is 3. The number of para-hydroxylation sites is 1. The van der Waals surface area contributed by atoms with Crippen molar-refractivity contribution in [1.82, 2.24) is 5.32 Å². The number of fused-ring (bicyclic) bond motifs is 1. The molecular weight excluding hydrogens is 300 g/mol. The lowest BCUT2D eigenvalue weighted by Crippen LogP contribution is -2.32. The molecule has 1 aromatic rings. The van der Waals surface area contributed by atoms with E-state index in [0.29, 0.717) is 37.4 Å². The van der Waals surface area contributed by atoms with Crippen molar-refractivity contribution in [3.63, 3.8) is 0 Å². The van der Waals surface area contributed by atoms with Crippen molar-refractivity contribution in [1.29, 1.82) is 5.41 Å². The monoisotopic (exact) mass is 320 g/mol. The summed E-state index contributed by atoms with van der Waals surface area (Å²) in [7, 11) is 0. The van der Waals surface area contributed by atoms with E-state index in [1.807, 2.05) is 12.1 Å². The van der Waals surface area contributed by atoms with Gasteiger partial charge in [0.15, 0.2) is 5.96 Å². The Labute approximate surface area is 133 Å².